The van der Waals surface area contributed by atoms with Crippen LogP contribution in [0.1, 0.15) is 0 Å². The van der Waals surface area contributed by atoms with E-state index in [-0.39, 0.29) is 14.5 Å². The van der Waals surface area contributed by atoms with Crippen LogP contribution in [-0.2, 0) is 0 Å². The molecule has 3 heteroatoms. The third-order valence-corrected chi connectivity index (χ3v) is 13.1. The molecule has 8 aromatic carbocycles. The standard InChI is InChI=1S/C48H30N2Se/c1-2-14-31(15-3-1)33-16-4-5-17-34(33)38-27-29-45(47-39-21-9-13-25-46(39)51-48(38)47)50-43-24-12-8-20-37(43)40-30-32(26-28-44(40)50)49-41-22-10-6-18-35(41)36-19-7-11-23-42(36)49/h1-30H. The number of hydrogen-bond donors (Lipinski definition) is 0. The average Bonchev–Trinajstić information content (AvgIpc) is 3.86. The summed E-state index contributed by atoms with van der Waals surface area (Å²) in [7, 11) is 0. The number of fused-ring (bicyclic) bond motifs is 9. The molecule has 3 heterocycles. The normalized spacial score (nSPS) is 11.9. The molecule has 51 heavy (non-hydrogen) atoms. The molecule has 2 nitrogen and oxygen atoms in total. The molecule has 0 aliphatic rings. The van der Waals surface area contributed by atoms with Crippen molar-refractivity contribution in [3.8, 4) is 33.6 Å². The summed E-state index contributed by atoms with van der Waals surface area (Å²) < 4.78 is 7.84. The molecule has 3 aromatic heterocycles. The Kier molecular flexibility index (Phi) is 6.30. The van der Waals surface area contributed by atoms with Crippen molar-refractivity contribution in [2.24, 2.45) is 0 Å². The van der Waals surface area contributed by atoms with Crippen LogP contribution in [0.25, 0.3) is 96.5 Å². The van der Waals surface area contributed by atoms with E-state index in [2.05, 4.69) is 191 Å². The van der Waals surface area contributed by atoms with Gasteiger partial charge in [-0.2, -0.15) is 0 Å². The fourth-order valence-corrected chi connectivity index (χ4v) is 11.0. The van der Waals surface area contributed by atoms with Gasteiger partial charge in [-0.3, -0.25) is 0 Å². The van der Waals surface area contributed by atoms with Crippen LogP contribution in [0.15, 0.2) is 182 Å². The van der Waals surface area contributed by atoms with E-state index >= 15 is 0 Å². The molecule has 0 aliphatic carbocycles. The molecule has 0 radical (unpaired) electrons. The topological polar surface area (TPSA) is 9.86 Å². The van der Waals surface area contributed by atoms with Gasteiger partial charge in [-0.05, 0) is 0 Å². The van der Waals surface area contributed by atoms with E-state index in [1.165, 1.54) is 96.5 Å². The summed E-state index contributed by atoms with van der Waals surface area (Å²) in [6, 6.07) is 67.0. The van der Waals surface area contributed by atoms with Crippen molar-refractivity contribution in [2.45, 2.75) is 0 Å². The summed E-state index contributed by atoms with van der Waals surface area (Å²) in [5.74, 6) is 0. The zero-order valence-electron chi connectivity index (χ0n) is 27.6. The first kappa shape index (κ1) is 28.7. The number of benzene rings is 8. The zero-order chi connectivity index (χ0) is 33.5. The van der Waals surface area contributed by atoms with Crippen LogP contribution in [0, 0.1) is 0 Å². The number of aromatic nitrogens is 2. The molecule has 11 rings (SSSR count). The predicted molar refractivity (Wildman–Crippen MR) is 218 cm³/mol. The van der Waals surface area contributed by atoms with Crippen molar-refractivity contribution in [3.63, 3.8) is 0 Å². The van der Waals surface area contributed by atoms with E-state index in [1.54, 1.807) is 0 Å². The number of hydrogen-bond acceptors (Lipinski definition) is 0. The maximum absolute atomic E-state index is 2.52. The molecule has 0 aliphatic heterocycles. The SMILES string of the molecule is c1ccc(-c2ccccc2-c2ccc(-n3c4ccccc4c4cc(-n5c6ccccc6c6ccccc65)ccc43)c3c2[se]c2ccccc23)cc1. The second-order valence-corrected chi connectivity index (χ2v) is 15.5. The molecule has 0 saturated heterocycles. The summed E-state index contributed by atoms with van der Waals surface area (Å²) >= 11 is 0.170. The van der Waals surface area contributed by atoms with Gasteiger partial charge in [-0.15, -0.1) is 0 Å². The van der Waals surface area contributed by atoms with E-state index in [4.69, 9.17) is 0 Å². The van der Waals surface area contributed by atoms with Gasteiger partial charge >= 0.3 is 290 Å². The third-order valence-electron chi connectivity index (χ3n) is 10.5. The molecule has 0 unspecified atom stereocenters. The summed E-state index contributed by atoms with van der Waals surface area (Å²) in [6.45, 7) is 0. The summed E-state index contributed by atoms with van der Waals surface area (Å²) in [4.78, 5) is 0. The Morgan fingerprint density at radius 2 is 0.902 bits per heavy atom. The van der Waals surface area contributed by atoms with Crippen LogP contribution in [0.2, 0.25) is 0 Å². The average molecular weight is 714 g/mol. The van der Waals surface area contributed by atoms with Crippen LogP contribution in [0.3, 0.4) is 0 Å². The Bertz CT molecular complexity index is 3090. The molecule has 0 spiro atoms. The van der Waals surface area contributed by atoms with Crippen molar-refractivity contribution in [1.29, 1.82) is 0 Å². The minimum absolute atomic E-state index is 0.170. The Morgan fingerprint density at radius 3 is 1.63 bits per heavy atom. The van der Waals surface area contributed by atoms with Crippen molar-refractivity contribution >= 4 is 77.4 Å². The zero-order valence-corrected chi connectivity index (χ0v) is 29.3. The molecule has 11 aromatic rings. The van der Waals surface area contributed by atoms with Crippen molar-refractivity contribution < 1.29 is 0 Å². The Hall–Kier alpha value is -6.12. The van der Waals surface area contributed by atoms with Crippen LogP contribution in [0.5, 0.6) is 0 Å². The van der Waals surface area contributed by atoms with Gasteiger partial charge in [0.05, 0.1) is 0 Å². The van der Waals surface area contributed by atoms with Crippen molar-refractivity contribution in [1.82, 2.24) is 9.13 Å². The Balaban J connectivity index is 1.20. The molecule has 0 bridgehead atoms. The second-order valence-electron chi connectivity index (χ2n) is 13.3. The minimum atomic E-state index is 0.170. The van der Waals surface area contributed by atoms with Gasteiger partial charge in [-0.25, -0.2) is 0 Å². The second kappa shape index (κ2) is 11.2. The van der Waals surface area contributed by atoms with E-state index < -0.39 is 0 Å². The van der Waals surface area contributed by atoms with Gasteiger partial charge in [0.1, 0.15) is 0 Å². The number of para-hydroxylation sites is 3. The van der Waals surface area contributed by atoms with E-state index in [0.717, 1.165) is 0 Å². The molecular formula is C48H30N2Se. The first-order chi connectivity index (χ1) is 25.3. The van der Waals surface area contributed by atoms with Gasteiger partial charge < -0.3 is 0 Å². The van der Waals surface area contributed by atoms with Crippen LogP contribution in [0.4, 0.5) is 0 Å². The first-order valence-corrected chi connectivity index (χ1v) is 19.2. The van der Waals surface area contributed by atoms with Gasteiger partial charge in [0.2, 0.25) is 0 Å². The summed E-state index contributed by atoms with van der Waals surface area (Å²) in [5.41, 5.74) is 12.5. The fourth-order valence-electron chi connectivity index (χ4n) is 8.36. The monoisotopic (exact) mass is 714 g/mol. The maximum atomic E-state index is 2.52. The molecule has 0 fully saturated rings. The van der Waals surface area contributed by atoms with Crippen molar-refractivity contribution in [3.05, 3.63) is 182 Å². The van der Waals surface area contributed by atoms with Gasteiger partial charge in [0.15, 0.2) is 0 Å². The summed E-state index contributed by atoms with van der Waals surface area (Å²) in [6.07, 6.45) is 0. The molecule has 0 saturated carbocycles. The summed E-state index contributed by atoms with van der Waals surface area (Å²) in [5, 5.41) is 7.80. The number of rotatable bonds is 4. The van der Waals surface area contributed by atoms with Crippen LogP contribution in [-0.4, -0.2) is 23.6 Å². The van der Waals surface area contributed by atoms with E-state index in [1.807, 2.05) is 0 Å². The van der Waals surface area contributed by atoms with Crippen molar-refractivity contribution in [2.75, 3.05) is 0 Å². The molecule has 0 atom stereocenters. The Labute approximate surface area is 300 Å². The number of nitrogens with zero attached hydrogens (tertiary/aromatic N) is 2. The predicted octanol–water partition coefficient (Wildman–Crippen LogP) is 12.6. The van der Waals surface area contributed by atoms with Gasteiger partial charge in [-0.1, -0.05) is 12.1 Å². The van der Waals surface area contributed by atoms with E-state index in [9.17, 15) is 0 Å². The first-order valence-electron chi connectivity index (χ1n) is 17.4. The van der Waals surface area contributed by atoms with Gasteiger partial charge in [0.25, 0.3) is 0 Å². The molecule has 0 amide bonds. The van der Waals surface area contributed by atoms with E-state index in [0.29, 0.717) is 0 Å². The Morgan fingerprint density at radius 1 is 0.353 bits per heavy atom. The molecule has 0 N–H and O–H groups in total. The molecule has 238 valence electrons. The molecular weight excluding hydrogens is 684 g/mol. The van der Waals surface area contributed by atoms with Crippen LogP contribution >= 0.6 is 0 Å². The van der Waals surface area contributed by atoms with Crippen LogP contribution < -0.4 is 0 Å². The van der Waals surface area contributed by atoms with Gasteiger partial charge in [0, 0.05) is 0 Å². The fraction of sp³-hybridized carbons (Fsp3) is 0. The quantitative estimate of drug-likeness (QED) is 0.161. The third kappa shape index (κ3) is 4.23.